The second kappa shape index (κ2) is 10.2. The van der Waals surface area contributed by atoms with E-state index in [0.717, 1.165) is 19.3 Å². The lowest BCUT2D eigenvalue weighted by Crippen LogP contribution is -2.46. The van der Waals surface area contributed by atoms with Gasteiger partial charge in [-0.15, -0.1) is 0 Å². The van der Waals surface area contributed by atoms with Gasteiger partial charge in [-0.25, -0.2) is 4.79 Å². The van der Waals surface area contributed by atoms with Crippen LogP contribution in [0.4, 0.5) is 0 Å². The monoisotopic (exact) mass is 300 g/mol. The number of nitrogens with one attached hydrogen (secondary N) is 2. The molecule has 0 rings (SSSR count). The summed E-state index contributed by atoms with van der Waals surface area (Å²) >= 11 is 0. The fraction of sp³-hybridized carbons (Fsp3) is 0.800. The molecule has 0 radical (unpaired) electrons. The van der Waals surface area contributed by atoms with E-state index >= 15 is 0 Å². The summed E-state index contributed by atoms with van der Waals surface area (Å²) in [6, 6.07) is -0.910. The van der Waals surface area contributed by atoms with E-state index in [1.165, 1.54) is 0 Å². The van der Waals surface area contributed by atoms with Gasteiger partial charge in [-0.3, -0.25) is 9.59 Å². The Hall–Kier alpha value is -1.59. The lowest BCUT2D eigenvalue weighted by atomic mass is 10.0. The summed E-state index contributed by atoms with van der Waals surface area (Å²) in [6.45, 7) is 7.47. The van der Waals surface area contributed by atoms with Crippen molar-refractivity contribution in [1.29, 1.82) is 0 Å². The lowest BCUT2D eigenvalue weighted by Gasteiger charge is -2.17. The van der Waals surface area contributed by atoms with E-state index < -0.39 is 17.9 Å². The zero-order valence-electron chi connectivity index (χ0n) is 13.4. The first-order valence-corrected chi connectivity index (χ1v) is 7.57. The van der Waals surface area contributed by atoms with Gasteiger partial charge in [0, 0.05) is 5.92 Å². The predicted molar refractivity (Wildman–Crippen MR) is 80.7 cm³/mol. The van der Waals surface area contributed by atoms with Crippen LogP contribution in [0.1, 0.15) is 53.4 Å². The molecule has 21 heavy (non-hydrogen) atoms. The number of unbranched alkanes of at least 4 members (excludes halogenated alkanes) is 1. The van der Waals surface area contributed by atoms with Crippen LogP contribution in [0.3, 0.4) is 0 Å². The third-order valence-electron chi connectivity index (χ3n) is 3.20. The van der Waals surface area contributed by atoms with Crippen LogP contribution >= 0.6 is 0 Å². The van der Waals surface area contributed by atoms with Crippen molar-refractivity contribution in [2.24, 2.45) is 11.8 Å². The number of carbonyl (C=O) groups is 3. The molecule has 6 nitrogen and oxygen atoms in total. The maximum absolute atomic E-state index is 11.7. The van der Waals surface area contributed by atoms with Crippen LogP contribution in [0.5, 0.6) is 0 Å². The molecule has 0 aliphatic heterocycles. The lowest BCUT2D eigenvalue weighted by molar-refractivity contribution is -0.142. The van der Waals surface area contributed by atoms with Crippen LogP contribution in [0.25, 0.3) is 0 Å². The highest BCUT2D eigenvalue weighted by atomic mass is 16.4. The third kappa shape index (κ3) is 9.05. The maximum atomic E-state index is 11.7. The van der Waals surface area contributed by atoms with Crippen molar-refractivity contribution in [3.63, 3.8) is 0 Å². The van der Waals surface area contributed by atoms with Crippen molar-refractivity contribution in [2.45, 2.75) is 59.4 Å². The van der Waals surface area contributed by atoms with Crippen molar-refractivity contribution in [3.8, 4) is 0 Å². The smallest absolute Gasteiger partial charge is 0.326 e. The Bertz CT molecular complexity index is 356. The van der Waals surface area contributed by atoms with Crippen LogP contribution in [0, 0.1) is 11.8 Å². The molecular weight excluding hydrogens is 272 g/mol. The number of carboxylic acid groups (broad SMARTS) is 1. The second-order valence-corrected chi connectivity index (χ2v) is 5.85. The molecule has 0 saturated heterocycles. The molecule has 2 atom stereocenters. The standard InChI is InChI=1S/C15H28N2O4/c1-5-6-7-11(4)14(19)16-9-13(18)17-12(15(20)21)8-10(2)3/h10-12H,5-9H2,1-4H3,(H,16,19)(H,17,18)(H,20,21)/t11?,12-/m0/s1. The maximum Gasteiger partial charge on any atom is 0.326 e. The molecule has 0 aromatic heterocycles. The van der Waals surface area contributed by atoms with Gasteiger partial charge in [0.1, 0.15) is 6.04 Å². The van der Waals surface area contributed by atoms with E-state index in [1.54, 1.807) is 0 Å². The van der Waals surface area contributed by atoms with Crippen LogP contribution in [-0.4, -0.2) is 35.5 Å². The normalized spacial score (nSPS) is 13.6. The quantitative estimate of drug-likeness (QED) is 0.570. The Labute approximate surface area is 126 Å². The highest BCUT2D eigenvalue weighted by Gasteiger charge is 2.21. The van der Waals surface area contributed by atoms with Gasteiger partial charge in [0.15, 0.2) is 0 Å². The van der Waals surface area contributed by atoms with E-state index in [1.807, 2.05) is 20.8 Å². The Morgan fingerprint density at radius 3 is 2.24 bits per heavy atom. The molecule has 0 aromatic rings. The molecule has 0 saturated carbocycles. The summed E-state index contributed by atoms with van der Waals surface area (Å²) in [5.74, 6) is -1.67. The summed E-state index contributed by atoms with van der Waals surface area (Å²) in [6.07, 6.45) is 3.14. The van der Waals surface area contributed by atoms with E-state index in [4.69, 9.17) is 5.11 Å². The number of amides is 2. The Kier molecular flexibility index (Phi) is 9.41. The Balaban J connectivity index is 4.18. The molecule has 1 unspecified atom stereocenters. The van der Waals surface area contributed by atoms with Crippen molar-refractivity contribution in [3.05, 3.63) is 0 Å². The summed E-state index contributed by atoms with van der Waals surface area (Å²) in [5.41, 5.74) is 0. The van der Waals surface area contributed by atoms with Gasteiger partial charge in [-0.05, 0) is 18.8 Å². The second-order valence-electron chi connectivity index (χ2n) is 5.85. The summed E-state index contributed by atoms with van der Waals surface area (Å²) < 4.78 is 0. The molecule has 6 heteroatoms. The van der Waals surface area contributed by atoms with Crippen molar-refractivity contribution in [1.82, 2.24) is 10.6 Å². The van der Waals surface area contributed by atoms with Gasteiger partial charge in [0.05, 0.1) is 6.54 Å². The van der Waals surface area contributed by atoms with E-state index in [0.29, 0.717) is 6.42 Å². The van der Waals surface area contributed by atoms with E-state index in [9.17, 15) is 14.4 Å². The third-order valence-corrected chi connectivity index (χ3v) is 3.20. The van der Waals surface area contributed by atoms with Crippen LogP contribution < -0.4 is 10.6 Å². The van der Waals surface area contributed by atoms with Gasteiger partial charge in [0.2, 0.25) is 11.8 Å². The molecule has 0 aromatic carbocycles. The zero-order valence-corrected chi connectivity index (χ0v) is 13.4. The van der Waals surface area contributed by atoms with E-state index in [-0.39, 0.29) is 24.3 Å². The van der Waals surface area contributed by atoms with Gasteiger partial charge in [-0.2, -0.15) is 0 Å². The van der Waals surface area contributed by atoms with Crippen LogP contribution in [0.15, 0.2) is 0 Å². The first-order valence-electron chi connectivity index (χ1n) is 7.57. The molecule has 0 aliphatic carbocycles. The SMILES string of the molecule is CCCCC(C)C(=O)NCC(=O)N[C@@H](CC(C)C)C(=O)O. The number of hydrogen-bond acceptors (Lipinski definition) is 3. The van der Waals surface area contributed by atoms with Gasteiger partial charge in [-0.1, -0.05) is 40.5 Å². The molecular formula is C15H28N2O4. The fourth-order valence-corrected chi connectivity index (χ4v) is 1.92. The number of aliphatic carboxylic acids is 1. The first kappa shape index (κ1) is 19.4. The molecule has 122 valence electrons. The predicted octanol–water partition coefficient (Wildman–Crippen LogP) is 1.54. The van der Waals surface area contributed by atoms with Crippen molar-refractivity contribution < 1.29 is 19.5 Å². The topological polar surface area (TPSA) is 95.5 Å². The van der Waals surface area contributed by atoms with Gasteiger partial charge >= 0.3 is 5.97 Å². The summed E-state index contributed by atoms with van der Waals surface area (Å²) in [4.78, 5) is 34.5. The Morgan fingerprint density at radius 2 is 1.76 bits per heavy atom. The molecule has 0 fully saturated rings. The minimum absolute atomic E-state index is 0.135. The molecule has 3 N–H and O–H groups in total. The van der Waals surface area contributed by atoms with Crippen molar-refractivity contribution >= 4 is 17.8 Å². The zero-order chi connectivity index (χ0) is 16.4. The largest absolute Gasteiger partial charge is 0.480 e. The fourth-order valence-electron chi connectivity index (χ4n) is 1.92. The van der Waals surface area contributed by atoms with Crippen LogP contribution in [0.2, 0.25) is 0 Å². The van der Waals surface area contributed by atoms with Gasteiger partial charge < -0.3 is 15.7 Å². The molecule has 2 amide bonds. The highest BCUT2D eigenvalue weighted by molar-refractivity contribution is 5.88. The number of carboxylic acids is 1. The number of carbonyl (C=O) groups excluding carboxylic acids is 2. The molecule has 0 bridgehead atoms. The molecule has 0 heterocycles. The van der Waals surface area contributed by atoms with Crippen LogP contribution in [-0.2, 0) is 14.4 Å². The number of rotatable bonds is 10. The summed E-state index contributed by atoms with van der Waals surface area (Å²) in [5, 5.41) is 14.0. The minimum Gasteiger partial charge on any atom is -0.480 e. The van der Waals surface area contributed by atoms with Gasteiger partial charge in [0.25, 0.3) is 0 Å². The Morgan fingerprint density at radius 1 is 1.14 bits per heavy atom. The average Bonchev–Trinajstić information content (AvgIpc) is 2.40. The molecule has 0 aliphatic rings. The minimum atomic E-state index is -1.06. The van der Waals surface area contributed by atoms with E-state index in [2.05, 4.69) is 17.6 Å². The average molecular weight is 300 g/mol. The van der Waals surface area contributed by atoms with Crippen molar-refractivity contribution in [2.75, 3.05) is 6.54 Å². The first-order chi connectivity index (χ1) is 9.77. The number of hydrogen-bond donors (Lipinski definition) is 3. The summed E-state index contributed by atoms with van der Waals surface area (Å²) in [7, 11) is 0. The highest BCUT2D eigenvalue weighted by Crippen LogP contribution is 2.07. The molecule has 0 spiro atoms.